The summed E-state index contributed by atoms with van der Waals surface area (Å²) < 4.78 is 11.8. The van der Waals surface area contributed by atoms with E-state index in [1.165, 1.54) is 64.2 Å². The first-order chi connectivity index (χ1) is 16.3. The molecule has 1 rings (SSSR count). The lowest BCUT2D eigenvalue weighted by molar-refractivity contribution is -0.115. The SMILES string of the molecule is C=CCCCCCCCCCOC(OCCCCCCCCCC=C)C(=O)c1ccccc1. The van der Waals surface area contributed by atoms with Crippen molar-refractivity contribution >= 4 is 5.78 Å². The van der Waals surface area contributed by atoms with E-state index >= 15 is 0 Å². The molecule has 0 spiro atoms. The van der Waals surface area contributed by atoms with Crippen molar-refractivity contribution in [3.8, 4) is 0 Å². The molecule has 186 valence electrons. The molecule has 3 nitrogen and oxygen atoms in total. The minimum Gasteiger partial charge on any atom is -0.346 e. The van der Waals surface area contributed by atoms with Gasteiger partial charge in [-0.1, -0.05) is 107 Å². The molecular formula is C30H48O3. The molecular weight excluding hydrogens is 408 g/mol. The first-order valence-electron chi connectivity index (χ1n) is 13.3. The van der Waals surface area contributed by atoms with Crippen LogP contribution in [0.25, 0.3) is 0 Å². The van der Waals surface area contributed by atoms with Crippen LogP contribution >= 0.6 is 0 Å². The van der Waals surface area contributed by atoms with Crippen molar-refractivity contribution < 1.29 is 14.3 Å². The number of ether oxygens (including phenoxy) is 2. The zero-order valence-electron chi connectivity index (χ0n) is 21.0. The Kier molecular flexibility index (Phi) is 19.6. The third kappa shape index (κ3) is 16.5. The van der Waals surface area contributed by atoms with Crippen LogP contribution in [0.4, 0.5) is 0 Å². The van der Waals surface area contributed by atoms with Gasteiger partial charge in [0.1, 0.15) is 0 Å². The Balaban J connectivity index is 2.22. The van der Waals surface area contributed by atoms with Gasteiger partial charge in [-0.15, -0.1) is 13.2 Å². The first kappa shape index (κ1) is 29.3. The van der Waals surface area contributed by atoms with Crippen LogP contribution in [0, 0.1) is 0 Å². The van der Waals surface area contributed by atoms with Gasteiger partial charge in [-0.3, -0.25) is 4.79 Å². The Hall–Kier alpha value is -1.71. The van der Waals surface area contributed by atoms with Gasteiger partial charge in [-0.2, -0.15) is 0 Å². The number of carbonyl (C=O) groups is 1. The normalized spacial score (nSPS) is 11.1. The van der Waals surface area contributed by atoms with Crippen molar-refractivity contribution in [2.24, 2.45) is 0 Å². The monoisotopic (exact) mass is 456 g/mol. The molecule has 33 heavy (non-hydrogen) atoms. The van der Waals surface area contributed by atoms with Crippen molar-refractivity contribution in [2.45, 2.75) is 109 Å². The Bertz CT molecular complexity index is 568. The molecule has 0 aromatic heterocycles. The number of Topliss-reactive ketones (excluding diaryl/α,β-unsaturated/α-hetero) is 1. The Morgan fingerprint density at radius 3 is 1.45 bits per heavy atom. The number of rotatable bonds is 24. The summed E-state index contributed by atoms with van der Waals surface area (Å²) in [6.45, 7) is 8.69. The summed E-state index contributed by atoms with van der Waals surface area (Å²) in [7, 11) is 0. The zero-order valence-corrected chi connectivity index (χ0v) is 21.0. The third-order valence-electron chi connectivity index (χ3n) is 5.92. The van der Waals surface area contributed by atoms with E-state index in [4.69, 9.17) is 9.47 Å². The number of benzene rings is 1. The molecule has 0 fully saturated rings. The van der Waals surface area contributed by atoms with Crippen LogP contribution in [-0.4, -0.2) is 25.3 Å². The molecule has 0 saturated heterocycles. The van der Waals surface area contributed by atoms with Crippen LogP contribution in [0.3, 0.4) is 0 Å². The summed E-state index contributed by atoms with van der Waals surface area (Å²) >= 11 is 0. The van der Waals surface area contributed by atoms with E-state index in [2.05, 4.69) is 13.2 Å². The largest absolute Gasteiger partial charge is 0.346 e. The fourth-order valence-electron chi connectivity index (χ4n) is 3.87. The summed E-state index contributed by atoms with van der Waals surface area (Å²) in [5, 5.41) is 0. The number of carbonyl (C=O) groups excluding carboxylic acids is 1. The molecule has 0 aliphatic heterocycles. The number of unbranched alkanes of at least 4 members (excludes halogenated alkanes) is 14. The summed E-state index contributed by atoms with van der Waals surface area (Å²) in [6.07, 6.45) is 22.4. The molecule has 0 amide bonds. The summed E-state index contributed by atoms with van der Waals surface area (Å²) in [5.74, 6) is -0.0694. The van der Waals surface area contributed by atoms with Gasteiger partial charge in [0.05, 0.1) is 13.2 Å². The van der Waals surface area contributed by atoms with E-state index in [1.807, 2.05) is 42.5 Å². The minimum absolute atomic E-state index is 0.0694. The second kappa shape index (κ2) is 22.1. The number of allylic oxidation sites excluding steroid dienone is 2. The van der Waals surface area contributed by atoms with Gasteiger partial charge in [0.2, 0.25) is 12.1 Å². The molecule has 3 heteroatoms. The van der Waals surface area contributed by atoms with Gasteiger partial charge in [-0.25, -0.2) is 0 Å². The molecule has 0 saturated carbocycles. The van der Waals surface area contributed by atoms with Gasteiger partial charge < -0.3 is 9.47 Å². The highest BCUT2D eigenvalue weighted by atomic mass is 16.7. The smallest absolute Gasteiger partial charge is 0.222 e. The highest BCUT2D eigenvalue weighted by molar-refractivity contribution is 5.98. The summed E-state index contributed by atoms with van der Waals surface area (Å²) in [4.78, 5) is 12.9. The van der Waals surface area contributed by atoms with Gasteiger partial charge in [0.15, 0.2) is 0 Å². The van der Waals surface area contributed by atoms with E-state index in [1.54, 1.807) is 0 Å². The summed E-state index contributed by atoms with van der Waals surface area (Å²) in [5.41, 5.74) is 0.654. The molecule has 1 aromatic rings. The number of ketones is 1. The van der Waals surface area contributed by atoms with Crippen LogP contribution in [0.2, 0.25) is 0 Å². The fraction of sp³-hybridized carbons (Fsp3) is 0.633. The summed E-state index contributed by atoms with van der Waals surface area (Å²) in [6, 6.07) is 9.35. The standard InChI is InChI=1S/C30H48O3/c1-3-5-7-9-11-13-15-17-22-26-32-30(29(31)28-24-20-19-21-25-28)33-27-23-18-16-14-12-10-8-6-4-2/h3-4,19-21,24-25,30H,1-2,5-18,22-23,26-27H2. The highest BCUT2D eigenvalue weighted by Crippen LogP contribution is 2.13. The molecule has 0 atom stereocenters. The van der Waals surface area contributed by atoms with Crippen LogP contribution in [0.15, 0.2) is 55.6 Å². The van der Waals surface area contributed by atoms with Gasteiger partial charge in [0.25, 0.3) is 0 Å². The van der Waals surface area contributed by atoms with Crippen molar-refractivity contribution in [3.63, 3.8) is 0 Å². The lowest BCUT2D eigenvalue weighted by Gasteiger charge is -2.18. The second-order valence-corrected chi connectivity index (χ2v) is 8.91. The van der Waals surface area contributed by atoms with E-state index in [-0.39, 0.29) is 5.78 Å². The lowest BCUT2D eigenvalue weighted by atomic mass is 10.1. The van der Waals surface area contributed by atoms with E-state index in [9.17, 15) is 4.79 Å². The molecule has 1 aromatic carbocycles. The predicted octanol–water partition coefficient (Wildman–Crippen LogP) is 8.84. The Morgan fingerprint density at radius 1 is 0.636 bits per heavy atom. The molecule has 0 unspecified atom stereocenters. The van der Waals surface area contributed by atoms with Crippen molar-refractivity contribution in [2.75, 3.05) is 13.2 Å². The molecule has 0 heterocycles. The first-order valence-corrected chi connectivity index (χ1v) is 13.3. The van der Waals surface area contributed by atoms with Crippen molar-refractivity contribution in [1.29, 1.82) is 0 Å². The van der Waals surface area contributed by atoms with Crippen LogP contribution in [-0.2, 0) is 9.47 Å². The maximum Gasteiger partial charge on any atom is 0.222 e. The van der Waals surface area contributed by atoms with Gasteiger partial charge in [-0.05, 0) is 38.5 Å². The van der Waals surface area contributed by atoms with Crippen LogP contribution in [0.1, 0.15) is 113 Å². The third-order valence-corrected chi connectivity index (χ3v) is 5.92. The van der Waals surface area contributed by atoms with Gasteiger partial charge >= 0.3 is 0 Å². The molecule has 0 aliphatic rings. The maximum absolute atomic E-state index is 12.9. The quantitative estimate of drug-likeness (QED) is 0.0674. The van der Waals surface area contributed by atoms with Crippen LogP contribution in [0.5, 0.6) is 0 Å². The van der Waals surface area contributed by atoms with E-state index in [0.717, 1.165) is 38.5 Å². The Labute approximate surface area is 203 Å². The minimum atomic E-state index is -0.787. The molecule has 0 bridgehead atoms. The molecule has 0 N–H and O–H groups in total. The number of hydrogen-bond donors (Lipinski definition) is 0. The van der Waals surface area contributed by atoms with Crippen molar-refractivity contribution in [3.05, 3.63) is 61.2 Å². The maximum atomic E-state index is 12.9. The van der Waals surface area contributed by atoms with E-state index in [0.29, 0.717) is 18.8 Å². The van der Waals surface area contributed by atoms with Crippen molar-refractivity contribution in [1.82, 2.24) is 0 Å². The zero-order chi connectivity index (χ0) is 23.8. The topological polar surface area (TPSA) is 35.5 Å². The lowest BCUT2D eigenvalue weighted by Crippen LogP contribution is -2.28. The second-order valence-electron chi connectivity index (χ2n) is 8.91. The molecule has 0 aliphatic carbocycles. The predicted molar refractivity (Wildman–Crippen MR) is 141 cm³/mol. The average Bonchev–Trinajstić information content (AvgIpc) is 2.85. The Morgan fingerprint density at radius 2 is 1.03 bits per heavy atom. The average molecular weight is 457 g/mol. The van der Waals surface area contributed by atoms with Crippen LogP contribution < -0.4 is 0 Å². The van der Waals surface area contributed by atoms with E-state index < -0.39 is 6.29 Å². The molecule has 0 radical (unpaired) electrons. The number of hydrogen-bond acceptors (Lipinski definition) is 3. The highest BCUT2D eigenvalue weighted by Gasteiger charge is 2.21. The van der Waals surface area contributed by atoms with Gasteiger partial charge in [0, 0.05) is 5.56 Å². The fourth-order valence-corrected chi connectivity index (χ4v) is 3.87.